The van der Waals surface area contributed by atoms with E-state index in [1.54, 1.807) is 27.9 Å². The van der Waals surface area contributed by atoms with Gasteiger partial charge in [0.1, 0.15) is 11.5 Å². The van der Waals surface area contributed by atoms with Crippen LogP contribution in [-0.4, -0.2) is 46.8 Å². The number of amides is 1. The summed E-state index contributed by atoms with van der Waals surface area (Å²) in [6.07, 6.45) is 1.65. The molecule has 1 aliphatic heterocycles. The van der Waals surface area contributed by atoms with Crippen molar-refractivity contribution in [2.24, 2.45) is 0 Å². The molecule has 1 aromatic carbocycles. The molecule has 1 aliphatic rings. The minimum atomic E-state index is -0.223. The minimum absolute atomic E-state index is 0.0376. The molecule has 0 unspecified atom stereocenters. The molecule has 3 rings (SSSR count). The van der Waals surface area contributed by atoms with Crippen LogP contribution in [0.5, 0.6) is 0 Å². The van der Waals surface area contributed by atoms with Crippen molar-refractivity contribution in [3.8, 4) is 0 Å². The van der Waals surface area contributed by atoms with Crippen LogP contribution in [0, 0.1) is 5.82 Å². The molecule has 2 aromatic rings. The highest BCUT2D eigenvalue weighted by molar-refractivity contribution is 9.10. The van der Waals surface area contributed by atoms with Gasteiger partial charge >= 0.3 is 0 Å². The van der Waals surface area contributed by atoms with Crippen LogP contribution in [-0.2, 0) is 6.54 Å². The molecule has 23 heavy (non-hydrogen) atoms. The van der Waals surface area contributed by atoms with Gasteiger partial charge in [-0.15, -0.1) is 0 Å². The maximum absolute atomic E-state index is 13.9. The molecule has 0 bridgehead atoms. The van der Waals surface area contributed by atoms with Gasteiger partial charge in [-0.2, -0.15) is 5.10 Å². The molecule has 5 nitrogen and oxygen atoms in total. The van der Waals surface area contributed by atoms with Crippen molar-refractivity contribution in [3.63, 3.8) is 0 Å². The van der Waals surface area contributed by atoms with E-state index >= 15 is 0 Å². The van der Waals surface area contributed by atoms with E-state index in [2.05, 4.69) is 21.0 Å². The Kier molecular flexibility index (Phi) is 4.66. The first kappa shape index (κ1) is 16.0. The Bertz CT molecular complexity index is 710. The van der Waals surface area contributed by atoms with E-state index < -0.39 is 0 Å². The number of benzene rings is 1. The zero-order valence-electron chi connectivity index (χ0n) is 12.9. The highest BCUT2D eigenvalue weighted by atomic mass is 79.9. The lowest BCUT2D eigenvalue weighted by Gasteiger charge is -2.36. The number of aromatic nitrogens is 2. The second-order valence-corrected chi connectivity index (χ2v) is 6.24. The van der Waals surface area contributed by atoms with E-state index in [-0.39, 0.29) is 11.7 Å². The summed E-state index contributed by atoms with van der Waals surface area (Å²) in [5.41, 5.74) is 1.17. The van der Waals surface area contributed by atoms with Crippen LogP contribution in [0.15, 0.2) is 34.9 Å². The lowest BCUT2D eigenvalue weighted by molar-refractivity contribution is 0.0733. The number of piperazine rings is 1. The average molecular weight is 381 g/mol. The van der Waals surface area contributed by atoms with Crippen LogP contribution in [0.25, 0.3) is 0 Å². The average Bonchev–Trinajstić information content (AvgIpc) is 2.95. The van der Waals surface area contributed by atoms with Gasteiger partial charge < -0.3 is 9.80 Å². The predicted molar refractivity (Wildman–Crippen MR) is 90.1 cm³/mol. The smallest absolute Gasteiger partial charge is 0.273 e. The SMILES string of the molecule is CCn1ncc(Br)c1C(=O)N1CCN(c2ccccc2F)CC1. The van der Waals surface area contributed by atoms with Gasteiger partial charge in [-0.25, -0.2) is 4.39 Å². The van der Waals surface area contributed by atoms with Crippen molar-refractivity contribution in [2.45, 2.75) is 13.5 Å². The molecule has 1 fully saturated rings. The summed E-state index contributed by atoms with van der Waals surface area (Å²) in [6.45, 7) is 4.95. The fourth-order valence-electron chi connectivity index (χ4n) is 2.82. The summed E-state index contributed by atoms with van der Waals surface area (Å²) in [5, 5.41) is 4.19. The topological polar surface area (TPSA) is 41.4 Å². The summed E-state index contributed by atoms with van der Waals surface area (Å²) in [7, 11) is 0. The number of carbonyl (C=O) groups is 1. The molecule has 0 saturated carbocycles. The second-order valence-electron chi connectivity index (χ2n) is 5.39. The minimum Gasteiger partial charge on any atom is -0.366 e. The second kappa shape index (κ2) is 6.70. The Hall–Kier alpha value is -1.89. The quantitative estimate of drug-likeness (QED) is 0.821. The lowest BCUT2D eigenvalue weighted by Crippen LogP contribution is -2.49. The molecule has 1 amide bonds. The number of aryl methyl sites for hydroxylation is 1. The lowest BCUT2D eigenvalue weighted by atomic mass is 10.2. The molecule has 122 valence electrons. The van der Waals surface area contributed by atoms with Gasteiger partial charge in [-0.3, -0.25) is 9.48 Å². The number of rotatable bonds is 3. The van der Waals surface area contributed by atoms with Crippen LogP contribution in [0.4, 0.5) is 10.1 Å². The highest BCUT2D eigenvalue weighted by Crippen LogP contribution is 2.22. The van der Waals surface area contributed by atoms with Crippen molar-refractivity contribution in [1.29, 1.82) is 0 Å². The Morgan fingerprint density at radius 2 is 1.96 bits per heavy atom. The number of carbonyl (C=O) groups excluding carboxylic acids is 1. The summed E-state index contributed by atoms with van der Waals surface area (Å²) < 4.78 is 16.3. The number of para-hydroxylation sites is 1. The third kappa shape index (κ3) is 3.10. The maximum atomic E-state index is 13.9. The Morgan fingerprint density at radius 1 is 1.26 bits per heavy atom. The number of nitrogens with zero attached hydrogens (tertiary/aromatic N) is 4. The first-order chi connectivity index (χ1) is 11.1. The largest absolute Gasteiger partial charge is 0.366 e. The molecule has 0 radical (unpaired) electrons. The third-order valence-corrected chi connectivity index (χ3v) is 4.64. The Labute approximate surface area is 142 Å². The van der Waals surface area contributed by atoms with Crippen LogP contribution in [0.2, 0.25) is 0 Å². The van der Waals surface area contributed by atoms with E-state index in [0.717, 1.165) is 0 Å². The molecule has 1 aromatic heterocycles. The maximum Gasteiger partial charge on any atom is 0.273 e. The van der Waals surface area contributed by atoms with E-state index in [0.29, 0.717) is 48.6 Å². The van der Waals surface area contributed by atoms with Gasteiger partial charge in [0.15, 0.2) is 0 Å². The molecule has 0 spiro atoms. The number of halogens is 2. The van der Waals surface area contributed by atoms with E-state index in [1.807, 2.05) is 17.9 Å². The molecular formula is C16H18BrFN4O. The van der Waals surface area contributed by atoms with Crippen LogP contribution in [0.3, 0.4) is 0 Å². The van der Waals surface area contributed by atoms with Crippen molar-refractivity contribution in [2.75, 3.05) is 31.1 Å². The molecule has 7 heteroatoms. The summed E-state index contributed by atoms with van der Waals surface area (Å²) in [6, 6.07) is 6.74. The first-order valence-corrected chi connectivity index (χ1v) is 8.41. The summed E-state index contributed by atoms with van der Waals surface area (Å²) >= 11 is 3.39. The van der Waals surface area contributed by atoms with Crippen molar-refractivity contribution in [1.82, 2.24) is 14.7 Å². The van der Waals surface area contributed by atoms with Crippen LogP contribution >= 0.6 is 15.9 Å². The molecule has 2 heterocycles. The first-order valence-electron chi connectivity index (χ1n) is 7.62. The Balaban J connectivity index is 1.70. The zero-order valence-corrected chi connectivity index (χ0v) is 14.5. The molecule has 0 N–H and O–H groups in total. The normalized spacial score (nSPS) is 15.1. The predicted octanol–water partition coefficient (Wildman–Crippen LogP) is 2.77. The highest BCUT2D eigenvalue weighted by Gasteiger charge is 2.27. The molecule has 1 saturated heterocycles. The monoisotopic (exact) mass is 380 g/mol. The van der Waals surface area contributed by atoms with E-state index in [4.69, 9.17) is 0 Å². The third-order valence-electron chi connectivity index (χ3n) is 4.06. The van der Waals surface area contributed by atoms with Gasteiger partial charge in [0.25, 0.3) is 5.91 Å². The van der Waals surface area contributed by atoms with Gasteiger partial charge in [-0.05, 0) is 35.0 Å². The van der Waals surface area contributed by atoms with Gasteiger partial charge in [0.05, 0.1) is 16.4 Å². The van der Waals surface area contributed by atoms with Crippen molar-refractivity contribution < 1.29 is 9.18 Å². The fourth-order valence-corrected chi connectivity index (χ4v) is 3.29. The van der Waals surface area contributed by atoms with Gasteiger partial charge in [0, 0.05) is 32.7 Å². The van der Waals surface area contributed by atoms with Crippen LogP contribution < -0.4 is 4.90 Å². The standard InChI is InChI=1S/C16H18BrFN4O/c1-2-22-15(12(17)11-19-22)16(23)21-9-7-20(8-10-21)14-6-4-3-5-13(14)18/h3-6,11H,2,7-10H2,1H3. The summed E-state index contributed by atoms with van der Waals surface area (Å²) in [4.78, 5) is 16.5. The van der Waals surface area contributed by atoms with Crippen molar-refractivity contribution >= 4 is 27.5 Å². The summed E-state index contributed by atoms with van der Waals surface area (Å²) in [5.74, 6) is -0.261. The fraction of sp³-hybridized carbons (Fsp3) is 0.375. The number of hydrogen-bond donors (Lipinski definition) is 0. The number of anilines is 1. The molecule has 0 aliphatic carbocycles. The Morgan fingerprint density at radius 3 is 2.61 bits per heavy atom. The molecule has 0 atom stereocenters. The van der Waals surface area contributed by atoms with Crippen LogP contribution in [0.1, 0.15) is 17.4 Å². The molecular weight excluding hydrogens is 363 g/mol. The van der Waals surface area contributed by atoms with E-state index in [9.17, 15) is 9.18 Å². The number of hydrogen-bond acceptors (Lipinski definition) is 3. The van der Waals surface area contributed by atoms with E-state index in [1.165, 1.54) is 6.07 Å². The van der Waals surface area contributed by atoms with Gasteiger partial charge in [0.2, 0.25) is 0 Å². The van der Waals surface area contributed by atoms with Gasteiger partial charge in [-0.1, -0.05) is 12.1 Å². The zero-order chi connectivity index (χ0) is 16.4. The van der Waals surface area contributed by atoms with Crippen molar-refractivity contribution in [3.05, 3.63) is 46.4 Å².